The molecule has 2 aromatic heterocycles. The Kier molecular flexibility index (Phi) is 5.68. The van der Waals surface area contributed by atoms with Gasteiger partial charge in [-0.05, 0) is 49.6 Å². The van der Waals surface area contributed by atoms with Gasteiger partial charge in [0.05, 0.1) is 11.7 Å². The average Bonchev–Trinajstić information content (AvgIpc) is 3.46. The minimum Gasteiger partial charge on any atom is -0.436 e. The molecule has 2 N–H and O–H groups in total. The fraction of sp³-hybridized carbons (Fsp3) is 0.292. The van der Waals surface area contributed by atoms with Gasteiger partial charge in [-0.2, -0.15) is 5.10 Å². The average molecular weight is 451 g/mol. The first-order valence-electron chi connectivity index (χ1n) is 10.6. The second-order valence-electron chi connectivity index (χ2n) is 8.07. The lowest BCUT2D eigenvalue weighted by Crippen LogP contribution is -2.30. The van der Waals surface area contributed by atoms with Crippen molar-refractivity contribution in [3.05, 3.63) is 53.7 Å². The van der Waals surface area contributed by atoms with E-state index >= 15 is 0 Å². The molecule has 1 amide bonds. The SMILES string of the molecule is COC1CCCC(C(=O)Nc2ccc(-c3n[nH]cc3-c3nc4cc(Cl)ccc4o3)cc2)C1. The van der Waals surface area contributed by atoms with E-state index in [-0.39, 0.29) is 17.9 Å². The molecule has 0 bridgehead atoms. The minimum atomic E-state index is -0.0148. The van der Waals surface area contributed by atoms with Crippen LogP contribution in [0.2, 0.25) is 5.02 Å². The van der Waals surface area contributed by atoms with Crippen molar-refractivity contribution in [1.29, 1.82) is 0 Å². The summed E-state index contributed by atoms with van der Waals surface area (Å²) < 4.78 is 11.3. The van der Waals surface area contributed by atoms with Gasteiger partial charge in [0.25, 0.3) is 0 Å². The third-order valence-corrected chi connectivity index (χ3v) is 6.21. The number of anilines is 1. The number of methoxy groups -OCH3 is 1. The van der Waals surface area contributed by atoms with Crippen molar-refractivity contribution < 1.29 is 13.9 Å². The Balaban J connectivity index is 1.33. The molecule has 2 atom stereocenters. The van der Waals surface area contributed by atoms with Crippen LogP contribution in [-0.4, -0.2) is 34.3 Å². The number of ether oxygens (including phenoxy) is 1. The van der Waals surface area contributed by atoms with Gasteiger partial charge in [-0.15, -0.1) is 0 Å². The van der Waals surface area contributed by atoms with Crippen molar-refractivity contribution in [2.75, 3.05) is 12.4 Å². The summed E-state index contributed by atoms with van der Waals surface area (Å²) in [4.78, 5) is 17.2. The number of aromatic amines is 1. The number of oxazole rings is 1. The molecule has 2 aromatic carbocycles. The molecular formula is C24H23ClN4O3. The van der Waals surface area contributed by atoms with Crippen LogP contribution >= 0.6 is 11.6 Å². The van der Waals surface area contributed by atoms with Gasteiger partial charge >= 0.3 is 0 Å². The number of hydrogen-bond donors (Lipinski definition) is 2. The van der Waals surface area contributed by atoms with Gasteiger partial charge in [-0.3, -0.25) is 9.89 Å². The van der Waals surface area contributed by atoms with Crippen molar-refractivity contribution in [2.24, 2.45) is 5.92 Å². The van der Waals surface area contributed by atoms with Crippen molar-refractivity contribution >= 4 is 34.3 Å². The quantitative estimate of drug-likeness (QED) is 0.408. The maximum atomic E-state index is 12.7. The second-order valence-corrected chi connectivity index (χ2v) is 8.50. The van der Waals surface area contributed by atoms with Crippen molar-refractivity contribution in [3.8, 4) is 22.7 Å². The number of nitrogens with one attached hydrogen (secondary N) is 2. The first kappa shape index (κ1) is 20.7. The zero-order valence-corrected chi connectivity index (χ0v) is 18.4. The standard InChI is InChI=1S/C24H23ClN4O3/c1-31-18-4-2-3-15(11-18)23(30)27-17-8-5-14(6-9-17)22-19(13-26-29-22)24-28-20-12-16(25)7-10-21(20)32-24/h5-10,12-13,15,18H,2-4,11H2,1H3,(H,26,29)(H,27,30). The lowest BCUT2D eigenvalue weighted by Gasteiger charge is -2.27. The van der Waals surface area contributed by atoms with Gasteiger partial charge in [0.2, 0.25) is 11.8 Å². The van der Waals surface area contributed by atoms with Crippen LogP contribution in [-0.2, 0) is 9.53 Å². The van der Waals surface area contributed by atoms with Gasteiger partial charge in [-0.1, -0.05) is 30.2 Å². The second kappa shape index (κ2) is 8.76. The molecule has 0 spiro atoms. The summed E-state index contributed by atoms with van der Waals surface area (Å²) in [6, 6.07) is 12.9. The van der Waals surface area contributed by atoms with Gasteiger partial charge < -0.3 is 14.5 Å². The normalized spacial score (nSPS) is 18.7. The Morgan fingerprint density at radius 2 is 2.06 bits per heavy atom. The highest BCUT2D eigenvalue weighted by atomic mass is 35.5. The van der Waals surface area contributed by atoms with Crippen LogP contribution in [0.15, 0.2) is 53.1 Å². The molecule has 1 aliphatic carbocycles. The fourth-order valence-electron chi connectivity index (χ4n) is 4.24. The topological polar surface area (TPSA) is 93.0 Å². The van der Waals surface area contributed by atoms with Crippen LogP contribution in [0.3, 0.4) is 0 Å². The number of rotatable bonds is 5. The molecule has 1 aliphatic rings. The van der Waals surface area contributed by atoms with E-state index in [2.05, 4.69) is 20.5 Å². The molecule has 2 unspecified atom stereocenters. The molecule has 0 saturated heterocycles. The molecule has 0 radical (unpaired) electrons. The molecule has 1 fully saturated rings. The third-order valence-electron chi connectivity index (χ3n) is 5.98. The predicted molar refractivity (Wildman–Crippen MR) is 123 cm³/mol. The number of carbonyl (C=O) groups excluding carboxylic acids is 1. The molecule has 4 aromatic rings. The van der Waals surface area contributed by atoms with E-state index in [4.69, 9.17) is 20.8 Å². The first-order chi connectivity index (χ1) is 15.6. The number of benzene rings is 2. The molecule has 2 heterocycles. The maximum absolute atomic E-state index is 12.7. The van der Waals surface area contributed by atoms with E-state index < -0.39 is 0 Å². The Labute approximate surface area is 190 Å². The highest BCUT2D eigenvalue weighted by Crippen LogP contribution is 2.33. The summed E-state index contributed by atoms with van der Waals surface area (Å²) in [6.45, 7) is 0. The lowest BCUT2D eigenvalue weighted by atomic mass is 9.86. The Hall–Kier alpha value is -3.16. The van der Waals surface area contributed by atoms with E-state index in [1.807, 2.05) is 24.3 Å². The molecule has 7 nitrogen and oxygen atoms in total. The third kappa shape index (κ3) is 4.13. The Bertz CT molecular complexity index is 1250. The molecule has 8 heteroatoms. The largest absolute Gasteiger partial charge is 0.436 e. The van der Waals surface area contributed by atoms with E-state index in [0.717, 1.165) is 48.2 Å². The van der Waals surface area contributed by atoms with E-state index in [9.17, 15) is 4.79 Å². The minimum absolute atomic E-state index is 0.0148. The number of hydrogen-bond acceptors (Lipinski definition) is 5. The van der Waals surface area contributed by atoms with Crippen LogP contribution in [0.25, 0.3) is 33.8 Å². The number of H-pyrrole nitrogens is 1. The Morgan fingerprint density at radius 1 is 1.22 bits per heavy atom. The predicted octanol–water partition coefficient (Wildman–Crippen LogP) is 5.68. The monoisotopic (exact) mass is 450 g/mol. The number of halogens is 1. The number of nitrogens with zero attached hydrogens (tertiary/aromatic N) is 2. The summed E-state index contributed by atoms with van der Waals surface area (Å²) in [7, 11) is 1.71. The fourth-order valence-corrected chi connectivity index (χ4v) is 4.41. The summed E-state index contributed by atoms with van der Waals surface area (Å²) in [5.74, 6) is 0.498. The highest BCUT2D eigenvalue weighted by Gasteiger charge is 2.27. The van der Waals surface area contributed by atoms with Crippen LogP contribution in [0.5, 0.6) is 0 Å². The zero-order chi connectivity index (χ0) is 22.1. The number of aromatic nitrogens is 3. The summed E-state index contributed by atoms with van der Waals surface area (Å²) >= 11 is 6.06. The molecule has 5 rings (SSSR count). The highest BCUT2D eigenvalue weighted by molar-refractivity contribution is 6.31. The number of amides is 1. The van der Waals surface area contributed by atoms with Crippen molar-refractivity contribution in [3.63, 3.8) is 0 Å². The molecular weight excluding hydrogens is 428 g/mol. The smallest absolute Gasteiger partial charge is 0.231 e. The first-order valence-corrected chi connectivity index (χ1v) is 11.0. The van der Waals surface area contributed by atoms with Gasteiger partial charge in [0.15, 0.2) is 5.58 Å². The van der Waals surface area contributed by atoms with Crippen LogP contribution in [0.4, 0.5) is 5.69 Å². The molecule has 164 valence electrons. The summed E-state index contributed by atoms with van der Waals surface area (Å²) in [5.41, 5.74) is 4.46. The van der Waals surface area contributed by atoms with E-state index in [1.54, 1.807) is 31.5 Å². The van der Waals surface area contributed by atoms with Gasteiger partial charge in [0, 0.05) is 35.5 Å². The molecule has 32 heavy (non-hydrogen) atoms. The number of carbonyl (C=O) groups is 1. The lowest BCUT2D eigenvalue weighted by molar-refractivity contribution is -0.122. The van der Waals surface area contributed by atoms with E-state index in [1.165, 1.54) is 0 Å². The van der Waals surface area contributed by atoms with E-state index in [0.29, 0.717) is 22.0 Å². The summed E-state index contributed by atoms with van der Waals surface area (Å²) in [6.07, 6.45) is 5.63. The summed E-state index contributed by atoms with van der Waals surface area (Å²) in [5, 5.41) is 10.9. The van der Waals surface area contributed by atoms with Gasteiger partial charge in [-0.25, -0.2) is 4.98 Å². The van der Waals surface area contributed by atoms with Gasteiger partial charge in [0.1, 0.15) is 11.2 Å². The maximum Gasteiger partial charge on any atom is 0.231 e. The van der Waals surface area contributed by atoms with Crippen LogP contribution in [0.1, 0.15) is 25.7 Å². The van der Waals surface area contributed by atoms with Crippen molar-refractivity contribution in [2.45, 2.75) is 31.8 Å². The Morgan fingerprint density at radius 3 is 2.88 bits per heavy atom. The van der Waals surface area contributed by atoms with Crippen molar-refractivity contribution in [1.82, 2.24) is 15.2 Å². The molecule has 1 saturated carbocycles. The van der Waals surface area contributed by atoms with Crippen LogP contribution in [0, 0.1) is 5.92 Å². The molecule has 0 aliphatic heterocycles. The van der Waals surface area contributed by atoms with Crippen LogP contribution < -0.4 is 5.32 Å². The number of fused-ring (bicyclic) bond motifs is 1. The zero-order valence-electron chi connectivity index (χ0n) is 17.6.